The van der Waals surface area contributed by atoms with Gasteiger partial charge in [-0.25, -0.2) is 8.42 Å². The van der Waals surface area contributed by atoms with Crippen molar-refractivity contribution in [1.29, 1.82) is 0 Å². The lowest BCUT2D eigenvalue weighted by Crippen LogP contribution is -2.01. The number of aromatic nitrogens is 1. The zero-order valence-corrected chi connectivity index (χ0v) is 12.5. The molecule has 0 saturated heterocycles. The Morgan fingerprint density at radius 2 is 1.76 bits per heavy atom. The molecular weight excluding hydrogens is 282 g/mol. The van der Waals surface area contributed by atoms with Crippen LogP contribution < -0.4 is 0 Å². The molecule has 0 bridgehead atoms. The molecule has 0 radical (unpaired) electrons. The van der Waals surface area contributed by atoms with Crippen LogP contribution in [0.2, 0.25) is 0 Å². The molecule has 0 atom stereocenters. The Morgan fingerprint density at radius 3 is 2.48 bits per heavy atom. The SMILES string of the molecule is CS(=O)(=O)Cc1cc(-c2ccccc2)c2ncccc2c1. The van der Waals surface area contributed by atoms with E-state index in [1.165, 1.54) is 6.26 Å². The Hall–Kier alpha value is -2.20. The molecule has 0 saturated carbocycles. The van der Waals surface area contributed by atoms with Gasteiger partial charge in [-0.15, -0.1) is 0 Å². The molecule has 0 amide bonds. The molecule has 106 valence electrons. The summed E-state index contributed by atoms with van der Waals surface area (Å²) in [6, 6.07) is 17.5. The normalized spacial score (nSPS) is 11.7. The van der Waals surface area contributed by atoms with Crippen molar-refractivity contribution in [2.24, 2.45) is 0 Å². The number of pyridine rings is 1. The second-order valence-corrected chi connectivity index (χ2v) is 7.29. The summed E-state index contributed by atoms with van der Waals surface area (Å²) in [5.74, 6) is 0.0394. The number of rotatable bonds is 3. The van der Waals surface area contributed by atoms with Gasteiger partial charge in [-0.1, -0.05) is 36.4 Å². The third-order valence-corrected chi connectivity index (χ3v) is 4.14. The highest BCUT2D eigenvalue weighted by Gasteiger charge is 2.10. The van der Waals surface area contributed by atoms with E-state index in [4.69, 9.17) is 0 Å². The van der Waals surface area contributed by atoms with Crippen LogP contribution in [-0.2, 0) is 15.6 Å². The number of sulfone groups is 1. The molecule has 3 nitrogen and oxygen atoms in total. The minimum atomic E-state index is -3.07. The van der Waals surface area contributed by atoms with Crippen LogP contribution in [0.25, 0.3) is 22.0 Å². The van der Waals surface area contributed by atoms with Crippen LogP contribution >= 0.6 is 0 Å². The Labute approximate surface area is 124 Å². The summed E-state index contributed by atoms with van der Waals surface area (Å²) in [4.78, 5) is 4.45. The molecule has 1 aromatic heterocycles. The van der Waals surface area contributed by atoms with Crippen LogP contribution in [0.15, 0.2) is 60.8 Å². The first kappa shape index (κ1) is 13.8. The quantitative estimate of drug-likeness (QED) is 0.744. The fraction of sp³-hybridized carbons (Fsp3) is 0.118. The Balaban J connectivity index is 2.26. The molecule has 0 fully saturated rings. The first-order valence-electron chi connectivity index (χ1n) is 6.64. The molecule has 0 N–H and O–H groups in total. The van der Waals surface area contributed by atoms with E-state index in [1.807, 2.05) is 54.6 Å². The summed E-state index contributed by atoms with van der Waals surface area (Å²) in [6.45, 7) is 0. The highest BCUT2D eigenvalue weighted by Crippen LogP contribution is 2.29. The molecule has 3 aromatic rings. The molecular formula is C17H15NO2S. The molecule has 0 unspecified atom stereocenters. The summed E-state index contributed by atoms with van der Waals surface area (Å²) >= 11 is 0. The number of nitrogens with zero attached hydrogens (tertiary/aromatic N) is 1. The van der Waals surface area contributed by atoms with Crippen molar-refractivity contribution in [3.63, 3.8) is 0 Å². The van der Waals surface area contributed by atoms with Crippen molar-refractivity contribution in [3.8, 4) is 11.1 Å². The van der Waals surface area contributed by atoms with Crippen molar-refractivity contribution in [2.45, 2.75) is 5.75 Å². The number of benzene rings is 2. The van der Waals surface area contributed by atoms with Crippen LogP contribution in [0.3, 0.4) is 0 Å². The summed E-state index contributed by atoms with van der Waals surface area (Å²) in [6.07, 6.45) is 3.01. The van der Waals surface area contributed by atoms with Gasteiger partial charge in [0, 0.05) is 23.4 Å². The summed E-state index contributed by atoms with van der Waals surface area (Å²) in [7, 11) is -3.07. The van der Waals surface area contributed by atoms with Gasteiger partial charge in [0.2, 0.25) is 0 Å². The topological polar surface area (TPSA) is 47.0 Å². The van der Waals surface area contributed by atoms with Crippen LogP contribution in [0, 0.1) is 0 Å². The standard InChI is InChI=1S/C17H15NO2S/c1-21(19,20)12-13-10-15-8-5-9-18-17(15)16(11-13)14-6-3-2-4-7-14/h2-11H,12H2,1H3. The average molecular weight is 297 g/mol. The maximum Gasteiger partial charge on any atom is 0.151 e. The lowest BCUT2D eigenvalue weighted by Gasteiger charge is -2.09. The maximum absolute atomic E-state index is 11.6. The van der Waals surface area contributed by atoms with E-state index < -0.39 is 9.84 Å². The van der Waals surface area contributed by atoms with Gasteiger partial charge in [-0.3, -0.25) is 4.98 Å². The first-order chi connectivity index (χ1) is 10.0. The van der Waals surface area contributed by atoms with Crippen LogP contribution in [-0.4, -0.2) is 19.7 Å². The summed E-state index contributed by atoms with van der Waals surface area (Å²) in [5, 5.41) is 0.956. The zero-order valence-electron chi connectivity index (χ0n) is 11.7. The van der Waals surface area contributed by atoms with Crippen LogP contribution in [0.1, 0.15) is 5.56 Å². The number of fused-ring (bicyclic) bond motifs is 1. The van der Waals surface area contributed by atoms with E-state index >= 15 is 0 Å². The Morgan fingerprint density at radius 1 is 1.00 bits per heavy atom. The van der Waals surface area contributed by atoms with Gasteiger partial charge in [0.25, 0.3) is 0 Å². The Kier molecular flexibility index (Phi) is 3.47. The molecule has 2 aromatic carbocycles. The molecule has 21 heavy (non-hydrogen) atoms. The zero-order chi connectivity index (χ0) is 14.9. The van der Waals surface area contributed by atoms with E-state index in [9.17, 15) is 8.42 Å². The van der Waals surface area contributed by atoms with Gasteiger partial charge in [0.05, 0.1) is 11.3 Å². The fourth-order valence-corrected chi connectivity index (χ4v) is 3.25. The third kappa shape index (κ3) is 3.11. The second kappa shape index (κ2) is 5.30. The van der Waals surface area contributed by atoms with Gasteiger partial charge >= 0.3 is 0 Å². The van der Waals surface area contributed by atoms with Gasteiger partial charge < -0.3 is 0 Å². The van der Waals surface area contributed by atoms with Crippen molar-refractivity contribution in [1.82, 2.24) is 4.98 Å². The Bertz CT molecular complexity index is 887. The largest absolute Gasteiger partial charge is 0.256 e. The minimum Gasteiger partial charge on any atom is -0.256 e. The molecule has 3 rings (SSSR count). The van der Waals surface area contributed by atoms with E-state index in [0.29, 0.717) is 0 Å². The van der Waals surface area contributed by atoms with Crippen molar-refractivity contribution in [3.05, 3.63) is 66.4 Å². The van der Waals surface area contributed by atoms with Crippen molar-refractivity contribution >= 4 is 20.7 Å². The number of hydrogen-bond donors (Lipinski definition) is 0. The number of hydrogen-bond acceptors (Lipinski definition) is 3. The van der Waals surface area contributed by atoms with Crippen LogP contribution in [0.5, 0.6) is 0 Å². The van der Waals surface area contributed by atoms with E-state index in [-0.39, 0.29) is 5.75 Å². The maximum atomic E-state index is 11.6. The summed E-state index contributed by atoms with van der Waals surface area (Å²) < 4.78 is 23.1. The first-order valence-corrected chi connectivity index (χ1v) is 8.70. The lowest BCUT2D eigenvalue weighted by molar-refractivity contribution is 0.601. The predicted octanol–water partition coefficient (Wildman–Crippen LogP) is 3.45. The second-order valence-electron chi connectivity index (χ2n) is 5.15. The van der Waals surface area contributed by atoms with E-state index in [1.54, 1.807) is 6.20 Å². The van der Waals surface area contributed by atoms with Crippen molar-refractivity contribution < 1.29 is 8.42 Å². The van der Waals surface area contributed by atoms with Gasteiger partial charge in [0.15, 0.2) is 9.84 Å². The highest BCUT2D eigenvalue weighted by molar-refractivity contribution is 7.89. The molecule has 0 aliphatic carbocycles. The van der Waals surface area contributed by atoms with Gasteiger partial charge in [0.1, 0.15) is 0 Å². The van der Waals surface area contributed by atoms with Gasteiger partial charge in [-0.05, 0) is 29.3 Å². The molecule has 4 heteroatoms. The average Bonchev–Trinajstić information content (AvgIpc) is 2.45. The fourth-order valence-electron chi connectivity index (χ4n) is 2.48. The minimum absolute atomic E-state index is 0.0394. The highest BCUT2D eigenvalue weighted by atomic mass is 32.2. The molecule has 0 aliphatic heterocycles. The third-order valence-electron chi connectivity index (χ3n) is 3.28. The lowest BCUT2D eigenvalue weighted by atomic mass is 9.99. The van der Waals surface area contributed by atoms with Crippen LogP contribution in [0.4, 0.5) is 0 Å². The smallest absolute Gasteiger partial charge is 0.151 e. The van der Waals surface area contributed by atoms with Crippen molar-refractivity contribution in [2.75, 3.05) is 6.26 Å². The summed E-state index contributed by atoms with van der Waals surface area (Å²) in [5.41, 5.74) is 3.68. The molecule has 0 spiro atoms. The monoisotopic (exact) mass is 297 g/mol. The molecule has 1 heterocycles. The molecule has 0 aliphatic rings. The van der Waals surface area contributed by atoms with E-state index in [2.05, 4.69) is 4.98 Å². The van der Waals surface area contributed by atoms with E-state index in [0.717, 1.165) is 27.6 Å². The predicted molar refractivity (Wildman–Crippen MR) is 85.7 cm³/mol. The van der Waals surface area contributed by atoms with Gasteiger partial charge in [-0.2, -0.15) is 0 Å².